The first-order valence-electron chi connectivity index (χ1n) is 7.17. The molecule has 2 heteroatoms. The maximum absolute atomic E-state index is 5.17. The van der Waals surface area contributed by atoms with Gasteiger partial charge in [0.25, 0.3) is 0 Å². The van der Waals surface area contributed by atoms with E-state index in [1.807, 2.05) is 0 Å². The summed E-state index contributed by atoms with van der Waals surface area (Å²) in [6.07, 6.45) is 5.91. The molecule has 1 N–H and O–H groups in total. The van der Waals surface area contributed by atoms with Gasteiger partial charge in [-0.25, -0.2) is 0 Å². The Morgan fingerprint density at radius 1 is 1.28 bits per heavy atom. The topological polar surface area (TPSA) is 21.3 Å². The predicted molar refractivity (Wildman–Crippen MR) is 74.6 cm³/mol. The first kappa shape index (κ1) is 12.0. The highest BCUT2D eigenvalue weighted by Crippen LogP contribution is 2.48. The van der Waals surface area contributed by atoms with Crippen LogP contribution in [-0.4, -0.2) is 13.7 Å². The molecule has 18 heavy (non-hydrogen) atoms. The molecule has 1 aromatic rings. The van der Waals surface area contributed by atoms with Crippen LogP contribution < -0.4 is 5.32 Å². The number of methoxy groups -OCH3 is 1. The Morgan fingerprint density at radius 2 is 2.22 bits per heavy atom. The van der Waals surface area contributed by atoms with E-state index < -0.39 is 0 Å². The number of fused-ring (bicyclic) bond motifs is 2. The summed E-state index contributed by atoms with van der Waals surface area (Å²) in [5.74, 6) is 2.96. The molecule has 0 heterocycles. The van der Waals surface area contributed by atoms with Gasteiger partial charge in [0.2, 0.25) is 0 Å². The zero-order chi connectivity index (χ0) is 12.4. The van der Waals surface area contributed by atoms with E-state index in [2.05, 4.69) is 29.6 Å². The number of nitrogens with one attached hydrogen (secondary N) is 1. The molecular weight excluding hydrogens is 222 g/mol. The molecule has 2 aliphatic rings. The molecule has 0 aliphatic heterocycles. The van der Waals surface area contributed by atoms with E-state index in [0.29, 0.717) is 6.61 Å². The number of anilines is 1. The Hall–Kier alpha value is -1.02. The molecule has 2 saturated carbocycles. The summed E-state index contributed by atoms with van der Waals surface area (Å²) in [6.45, 7) is 1.85. The largest absolute Gasteiger partial charge is 0.385 e. The molecule has 0 saturated heterocycles. The van der Waals surface area contributed by atoms with Gasteiger partial charge in [-0.1, -0.05) is 18.6 Å². The molecule has 0 aromatic heterocycles. The lowest BCUT2D eigenvalue weighted by atomic mass is 9.89. The van der Waals surface area contributed by atoms with E-state index in [4.69, 9.17) is 4.74 Å². The van der Waals surface area contributed by atoms with Gasteiger partial charge in [0.15, 0.2) is 0 Å². The maximum Gasteiger partial charge on any atom is 0.0713 e. The van der Waals surface area contributed by atoms with Crippen LogP contribution in [0.1, 0.15) is 31.2 Å². The number of ether oxygens (including phenoxy) is 1. The van der Waals surface area contributed by atoms with Crippen molar-refractivity contribution < 1.29 is 4.74 Å². The van der Waals surface area contributed by atoms with Gasteiger partial charge in [-0.15, -0.1) is 0 Å². The van der Waals surface area contributed by atoms with Crippen LogP contribution in [0.4, 0.5) is 5.69 Å². The van der Waals surface area contributed by atoms with E-state index in [9.17, 15) is 0 Å². The highest BCUT2D eigenvalue weighted by molar-refractivity contribution is 5.45. The summed E-state index contributed by atoms with van der Waals surface area (Å²) in [7, 11) is 1.75. The van der Waals surface area contributed by atoms with E-state index >= 15 is 0 Å². The summed E-state index contributed by atoms with van der Waals surface area (Å²) >= 11 is 0. The fraction of sp³-hybridized carbons (Fsp3) is 0.625. The molecular formula is C16H23NO. The van der Waals surface area contributed by atoms with Crippen LogP contribution in [-0.2, 0) is 11.3 Å². The SMILES string of the molecule is COCc1cccc(NCC2CC3CCC2C3)c1. The van der Waals surface area contributed by atoms with Gasteiger partial charge in [0.1, 0.15) is 0 Å². The minimum Gasteiger partial charge on any atom is -0.385 e. The van der Waals surface area contributed by atoms with E-state index in [0.717, 1.165) is 24.3 Å². The van der Waals surface area contributed by atoms with Crippen molar-refractivity contribution in [3.8, 4) is 0 Å². The van der Waals surface area contributed by atoms with Gasteiger partial charge in [-0.05, 0) is 54.7 Å². The second kappa shape index (κ2) is 5.31. The van der Waals surface area contributed by atoms with Crippen LogP contribution in [0.15, 0.2) is 24.3 Å². The quantitative estimate of drug-likeness (QED) is 0.854. The van der Waals surface area contributed by atoms with Gasteiger partial charge in [0, 0.05) is 19.3 Å². The Labute approximate surface area is 110 Å². The van der Waals surface area contributed by atoms with Gasteiger partial charge in [0.05, 0.1) is 6.61 Å². The van der Waals surface area contributed by atoms with Crippen molar-refractivity contribution in [1.82, 2.24) is 0 Å². The molecule has 0 amide bonds. The lowest BCUT2D eigenvalue weighted by Crippen LogP contribution is -2.20. The molecule has 98 valence electrons. The fourth-order valence-electron chi connectivity index (χ4n) is 3.81. The third kappa shape index (κ3) is 2.54. The molecule has 3 rings (SSSR count). The Balaban J connectivity index is 1.55. The molecule has 1 aromatic carbocycles. The molecule has 3 atom stereocenters. The van der Waals surface area contributed by atoms with Crippen LogP contribution in [0.5, 0.6) is 0 Å². The normalized spacial score (nSPS) is 29.7. The lowest BCUT2D eigenvalue weighted by Gasteiger charge is -2.22. The van der Waals surface area contributed by atoms with Crippen molar-refractivity contribution in [3.63, 3.8) is 0 Å². The van der Waals surface area contributed by atoms with Crippen LogP contribution in [0.2, 0.25) is 0 Å². The van der Waals surface area contributed by atoms with Crippen molar-refractivity contribution in [2.24, 2.45) is 17.8 Å². The van der Waals surface area contributed by atoms with Gasteiger partial charge in [-0.3, -0.25) is 0 Å². The monoisotopic (exact) mass is 245 g/mol. The summed E-state index contributed by atoms with van der Waals surface area (Å²) < 4.78 is 5.17. The standard InChI is InChI=1S/C16H23NO/c1-18-11-13-3-2-4-16(9-13)17-10-15-8-12-5-6-14(15)7-12/h2-4,9,12,14-15,17H,5-8,10-11H2,1H3. The van der Waals surface area contributed by atoms with Gasteiger partial charge < -0.3 is 10.1 Å². The Kier molecular flexibility index (Phi) is 3.55. The summed E-state index contributed by atoms with van der Waals surface area (Å²) in [5, 5.41) is 3.61. The van der Waals surface area contributed by atoms with Crippen LogP contribution in [0.3, 0.4) is 0 Å². The van der Waals surface area contributed by atoms with Crippen molar-refractivity contribution in [2.75, 3.05) is 19.0 Å². The van der Waals surface area contributed by atoms with Crippen LogP contribution >= 0.6 is 0 Å². The Morgan fingerprint density at radius 3 is 2.94 bits per heavy atom. The van der Waals surface area contributed by atoms with Crippen molar-refractivity contribution in [3.05, 3.63) is 29.8 Å². The molecule has 2 nitrogen and oxygen atoms in total. The van der Waals surface area contributed by atoms with Crippen molar-refractivity contribution >= 4 is 5.69 Å². The smallest absolute Gasteiger partial charge is 0.0713 e. The van der Waals surface area contributed by atoms with Crippen molar-refractivity contribution in [1.29, 1.82) is 0 Å². The molecule has 2 bridgehead atoms. The summed E-state index contributed by atoms with van der Waals surface area (Å²) in [5.41, 5.74) is 2.49. The van der Waals surface area contributed by atoms with Crippen molar-refractivity contribution in [2.45, 2.75) is 32.3 Å². The third-order valence-electron chi connectivity index (χ3n) is 4.69. The fourth-order valence-corrected chi connectivity index (χ4v) is 3.81. The molecule has 3 unspecified atom stereocenters. The number of hydrogen-bond donors (Lipinski definition) is 1. The van der Waals surface area contributed by atoms with E-state index in [-0.39, 0.29) is 0 Å². The van der Waals surface area contributed by atoms with Crippen LogP contribution in [0, 0.1) is 17.8 Å². The third-order valence-corrected chi connectivity index (χ3v) is 4.69. The number of rotatable bonds is 5. The van der Waals surface area contributed by atoms with E-state index in [1.54, 1.807) is 7.11 Å². The average Bonchev–Trinajstić information content (AvgIpc) is 2.99. The van der Waals surface area contributed by atoms with Gasteiger partial charge in [-0.2, -0.15) is 0 Å². The zero-order valence-corrected chi connectivity index (χ0v) is 11.2. The highest BCUT2D eigenvalue weighted by atomic mass is 16.5. The first-order valence-corrected chi connectivity index (χ1v) is 7.17. The zero-order valence-electron chi connectivity index (χ0n) is 11.2. The number of benzene rings is 1. The molecule has 0 spiro atoms. The minimum atomic E-state index is 0.698. The summed E-state index contributed by atoms with van der Waals surface area (Å²) in [4.78, 5) is 0. The Bertz CT molecular complexity index is 404. The second-order valence-corrected chi connectivity index (χ2v) is 5.95. The second-order valence-electron chi connectivity index (χ2n) is 5.95. The highest BCUT2D eigenvalue weighted by Gasteiger charge is 2.38. The summed E-state index contributed by atoms with van der Waals surface area (Å²) in [6, 6.07) is 8.59. The maximum atomic E-state index is 5.17. The molecule has 2 fully saturated rings. The van der Waals surface area contributed by atoms with E-state index in [1.165, 1.54) is 36.9 Å². The average molecular weight is 245 g/mol. The minimum absolute atomic E-state index is 0.698. The van der Waals surface area contributed by atoms with Crippen LogP contribution in [0.25, 0.3) is 0 Å². The predicted octanol–water partition coefficient (Wildman–Crippen LogP) is 3.68. The molecule has 0 radical (unpaired) electrons. The van der Waals surface area contributed by atoms with Gasteiger partial charge >= 0.3 is 0 Å². The lowest BCUT2D eigenvalue weighted by molar-refractivity contribution is 0.185. The molecule has 2 aliphatic carbocycles. The number of hydrogen-bond acceptors (Lipinski definition) is 2. The first-order chi connectivity index (χ1) is 8.85.